The van der Waals surface area contributed by atoms with Gasteiger partial charge in [0.2, 0.25) is 0 Å². The number of halogens is 3. The Morgan fingerprint density at radius 3 is 2.31 bits per heavy atom. The minimum atomic E-state index is -1.92. The van der Waals surface area contributed by atoms with Gasteiger partial charge in [0.05, 0.1) is 0 Å². The van der Waals surface area contributed by atoms with E-state index in [0.717, 1.165) is 0 Å². The molecule has 1 fully saturated rings. The van der Waals surface area contributed by atoms with Crippen LogP contribution in [0.3, 0.4) is 0 Å². The minimum absolute atomic E-state index is 1.32. The first-order chi connectivity index (χ1) is 6.20. The third-order valence-corrected chi connectivity index (χ3v) is 2.15. The Labute approximate surface area is 97.4 Å². The molecule has 13 heavy (non-hydrogen) atoms. The first-order valence-electron chi connectivity index (χ1n) is 4.27. The molecule has 0 atom stereocenters. The van der Waals surface area contributed by atoms with Crippen molar-refractivity contribution in [3.05, 3.63) is 29.7 Å². The third-order valence-electron chi connectivity index (χ3n) is 2.15. The number of fused-ring (bicyclic) bond motifs is 1. The van der Waals surface area contributed by atoms with Gasteiger partial charge < -0.3 is 0 Å². The molecule has 1 saturated carbocycles. The molecule has 4 heteroatoms. The van der Waals surface area contributed by atoms with Crippen LogP contribution >= 0.6 is 27.9 Å². The Balaban J connectivity index is 0.000000184. The summed E-state index contributed by atoms with van der Waals surface area (Å²) in [6.45, 7) is 0. The molecule has 0 nitrogen and oxygen atoms in total. The van der Waals surface area contributed by atoms with Gasteiger partial charge in [0.25, 0.3) is 0 Å². The van der Waals surface area contributed by atoms with Gasteiger partial charge in [-0.2, -0.15) is 0 Å². The monoisotopic (exact) mass is 272 g/mol. The molecule has 72 valence electrons. The molecule has 0 unspecified atom stereocenters. The predicted octanol–water partition coefficient (Wildman–Crippen LogP) is 4.70. The predicted molar refractivity (Wildman–Crippen MR) is 56.5 cm³/mol. The first kappa shape index (κ1) is 12.1. The van der Waals surface area contributed by atoms with E-state index in [-0.39, 0.29) is 0 Å². The Morgan fingerprint density at radius 1 is 1.08 bits per heavy atom. The molecule has 0 spiro atoms. The Morgan fingerprint density at radius 2 is 1.69 bits per heavy atom. The van der Waals surface area contributed by atoms with E-state index in [4.69, 9.17) is 27.9 Å². The second-order valence-electron chi connectivity index (χ2n) is 3.00. The SMILES string of the molecule is C1=C[C]2CCCCC2=C1.[Cl][Ti]([Cl])[Cl]. The van der Waals surface area contributed by atoms with Crippen LogP contribution in [0.4, 0.5) is 0 Å². The molecule has 0 amide bonds. The molecule has 2 aliphatic rings. The van der Waals surface area contributed by atoms with Crippen LogP contribution in [0.15, 0.2) is 23.8 Å². The average molecular weight is 273 g/mol. The molecular formula is C9H11Cl3Ti. The van der Waals surface area contributed by atoms with E-state index >= 15 is 0 Å². The van der Waals surface area contributed by atoms with Gasteiger partial charge in [0.15, 0.2) is 0 Å². The topological polar surface area (TPSA) is 0 Å². The summed E-state index contributed by atoms with van der Waals surface area (Å²) >= 11 is -1.92. The second kappa shape index (κ2) is 6.53. The zero-order valence-electron chi connectivity index (χ0n) is 7.19. The molecule has 0 aliphatic heterocycles. The molecule has 0 aromatic carbocycles. The van der Waals surface area contributed by atoms with Crippen molar-refractivity contribution in [2.24, 2.45) is 0 Å². The molecule has 1 radical (unpaired) electrons. The van der Waals surface area contributed by atoms with Crippen LogP contribution in [0, 0.1) is 5.92 Å². The van der Waals surface area contributed by atoms with Gasteiger partial charge in [0.1, 0.15) is 0 Å². The van der Waals surface area contributed by atoms with Crippen molar-refractivity contribution in [3.63, 3.8) is 0 Å². The molecular weight excluding hydrogens is 262 g/mol. The van der Waals surface area contributed by atoms with Gasteiger partial charge in [-0.05, 0) is 19.3 Å². The van der Waals surface area contributed by atoms with Crippen LogP contribution in [-0.2, 0) is 14.7 Å². The molecule has 2 aliphatic carbocycles. The summed E-state index contributed by atoms with van der Waals surface area (Å²) in [5, 5.41) is 0. The van der Waals surface area contributed by atoms with E-state index in [1.807, 2.05) is 0 Å². The summed E-state index contributed by atoms with van der Waals surface area (Å²) in [5.74, 6) is 1.60. The quantitative estimate of drug-likeness (QED) is 0.561. The fourth-order valence-corrected chi connectivity index (χ4v) is 1.61. The van der Waals surface area contributed by atoms with Gasteiger partial charge in [-0.3, -0.25) is 0 Å². The van der Waals surface area contributed by atoms with E-state index in [9.17, 15) is 0 Å². The number of rotatable bonds is 0. The number of hydrogen-bond acceptors (Lipinski definition) is 0. The molecule has 0 saturated heterocycles. The summed E-state index contributed by atoms with van der Waals surface area (Å²) in [6.07, 6.45) is 12.1. The van der Waals surface area contributed by atoms with Crippen molar-refractivity contribution in [2.75, 3.05) is 0 Å². The van der Waals surface area contributed by atoms with Crippen molar-refractivity contribution in [1.82, 2.24) is 0 Å². The summed E-state index contributed by atoms with van der Waals surface area (Å²) in [5.41, 5.74) is 1.60. The molecule has 0 aromatic heterocycles. The zero-order valence-corrected chi connectivity index (χ0v) is 11.0. The van der Waals surface area contributed by atoms with Gasteiger partial charge in [0, 0.05) is 5.92 Å². The summed E-state index contributed by atoms with van der Waals surface area (Å²) in [7, 11) is 14.9. The van der Waals surface area contributed by atoms with Crippen LogP contribution in [0.2, 0.25) is 0 Å². The molecule has 0 N–H and O–H groups in total. The van der Waals surface area contributed by atoms with Gasteiger partial charge >= 0.3 is 42.6 Å². The Bertz CT molecular complexity index is 208. The van der Waals surface area contributed by atoms with E-state index in [1.165, 1.54) is 25.7 Å². The summed E-state index contributed by atoms with van der Waals surface area (Å²) < 4.78 is 0. The fraction of sp³-hybridized carbons (Fsp3) is 0.444. The van der Waals surface area contributed by atoms with Crippen LogP contribution in [0.1, 0.15) is 25.7 Å². The van der Waals surface area contributed by atoms with Crippen LogP contribution in [0.5, 0.6) is 0 Å². The molecule has 0 heterocycles. The van der Waals surface area contributed by atoms with E-state index in [1.54, 1.807) is 11.5 Å². The maximum atomic E-state index is 4.97. The van der Waals surface area contributed by atoms with Crippen molar-refractivity contribution < 1.29 is 14.7 Å². The molecule has 2 rings (SSSR count). The van der Waals surface area contributed by atoms with Crippen LogP contribution in [0.25, 0.3) is 0 Å². The van der Waals surface area contributed by atoms with Crippen molar-refractivity contribution in [3.8, 4) is 0 Å². The standard InChI is InChI=1S/C9H11.3ClH.Ti/c1-2-5-9-7-3-6-8(9)4-1;;;;/h3,6-7H,1-2,4-5H2;3*1H;/q;;;;+3/p-3. The van der Waals surface area contributed by atoms with Crippen molar-refractivity contribution in [1.29, 1.82) is 0 Å². The van der Waals surface area contributed by atoms with Gasteiger partial charge in [-0.1, -0.05) is 30.2 Å². The summed E-state index contributed by atoms with van der Waals surface area (Å²) in [4.78, 5) is 0. The van der Waals surface area contributed by atoms with Gasteiger partial charge in [-0.15, -0.1) is 0 Å². The van der Waals surface area contributed by atoms with E-state index in [2.05, 4.69) is 18.2 Å². The Hall–Kier alpha value is 1.06. The third kappa shape index (κ3) is 4.90. The first-order valence-corrected chi connectivity index (χ1v) is 10.7. The summed E-state index contributed by atoms with van der Waals surface area (Å²) in [6, 6.07) is 0. The molecule has 0 aromatic rings. The Kier molecular flexibility index (Phi) is 6.10. The molecule has 0 bridgehead atoms. The van der Waals surface area contributed by atoms with E-state index in [0.29, 0.717) is 0 Å². The van der Waals surface area contributed by atoms with Gasteiger partial charge in [-0.25, -0.2) is 0 Å². The van der Waals surface area contributed by atoms with Crippen molar-refractivity contribution in [2.45, 2.75) is 25.7 Å². The zero-order chi connectivity index (χ0) is 9.68. The normalized spacial score (nSPS) is 20.1. The average Bonchev–Trinajstić information content (AvgIpc) is 2.49. The maximum absolute atomic E-state index is 4.97. The number of hydrogen-bond donors (Lipinski definition) is 0. The fourth-order valence-electron chi connectivity index (χ4n) is 1.61. The van der Waals surface area contributed by atoms with E-state index < -0.39 is 14.7 Å². The van der Waals surface area contributed by atoms with Crippen molar-refractivity contribution >= 4 is 27.9 Å². The number of allylic oxidation sites excluding steroid dienone is 4. The van der Waals surface area contributed by atoms with Crippen LogP contribution in [-0.4, -0.2) is 0 Å². The second-order valence-corrected chi connectivity index (χ2v) is 10.7. The van der Waals surface area contributed by atoms with Crippen LogP contribution < -0.4 is 0 Å².